The Morgan fingerprint density at radius 3 is 2.70 bits per heavy atom. The van der Waals surface area contributed by atoms with Crippen LogP contribution in [0, 0.1) is 5.82 Å². The molecule has 7 nitrogen and oxygen atoms in total. The van der Waals surface area contributed by atoms with Gasteiger partial charge in [-0.15, -0.1) is 11.3 Å². The summed E-state index contributed by atoms with van der Waals surface area (Å²) in [4.78, 5) is 28.0. The van der Waals surface area contributed by atoms with Gasteiger partial charge in [0.25, 0.3) is 5.91 Å². The van der Waals surface area contributed by atoms with Crippen molar-refractivity contribution >= 4 is 39.8 Å². The van der Waals surface area contributed by atoms with Gasteiger partial charge in [0.15, 0.2) is 0 Å². The van der Waals surface area contributed by atoms with Crippen molar-refractivity contribution in [3.05, 3.63) is 101 Å². The average Bonchev–Trinajstić information content (AvgIpc) is 3.40. The van der Waals surface area contributed by atoms with E-state index in [1.807, 2.05) is 31.2 Å². The molecule has 0 spiro atoms. The summed E-state index contributed by atoms with van der Waals surface area (Å²) in [6.45, 7) is 2.48. The smallest absolute Gasteiger partial charge is 0.255 e. The molecule has 0 aliphatic rings. The summed E-state index contributed by atoms with van der Waals surface area (Å²) in [6.07, 6.45) is 3.78. The number of anilines is 2. The lowest BCUT2D eigenvalue weighted by Crippen LogP contribution is -2.29. The monoisotopic (exact) mass is 512 g/mol. The lowest BCUT2D eigenvalue weighted by molar-refractivity contribution is 0.0936. The van der Waals surface area contributed by atoms with Crippen molar-refractivity contribution in [3.8, 4) is 10.4 Å². The van der Waals surface area contributed by atoms with E-state index in [2.05, 4.69) is 31.7 Å². The fourth-order valence-electron chi connectivity index (χ4n) is 4.11. The van der Waals surface area contributed by atoms with Crippen LogP contribution in [0.25, 0.3) is 21.3 Å². The van der Waals surface area contributed by atoms with Gasteiger partial charge >= 0.3 is 0 Å². The van der Waals surface area contributed by atoms with E-state index >= 15 is 0 Å². The number of nitrogen functional groups attached to an aromatic ring is 1. The normalized spacial score (nSPS) is 11.8. The number of amides is 1. The maximum absolute atomic E-state index is 13.3. The number of fused-ring (bicyclic) bond motifs is 1. The third kappa shape index (κ3) is 5.41. The van der Waals surface area contributed by atoms with Crippen LogP contribution in [-0.2, 0) is 6.54 Å². The quantitative estimate of drug-likeness (QED) is 0.237. The molecule has 9 heteroatoms. The zero-order valence-electron chi connectivity index (χ0n) is 20.1. The van der Waals surface area contributed by atoms with Crippen LogP contribution in [0.4, 0.5) is 16.0 Å². The van der Waals surface area contributed by atoms with Crippen LogP contribution >= 0.6 is 11.3 Å². The summed E-state index contributed by atoms with van der Waals surface area (Å²) in [7, 11) is 0. The molecule has 37 heavy (non-hydrogen) atoms. The maximum atomic E-state index is 13.3. The molecule has 4 N–H and O–H groups in total. The van der Waals surface area contributed by atoms with Crippen LogP contribution in [0.5, 0.6) is 0 Å². The second-order valence-corrected chi connectivity index (χ2v) is 9.66. The van der Waals surface area contributed by atoms with Crippen molar-refractivity contribution in [2.24, 2.45) is 0 Å². The fourth-order valence-corrected chi connectivity index (χ4v) is 5.05. The summed E-state index contributed by atoms with van der Waals surface area (Å²) in [6, 6.07) is 19.5. The minimum Gasteiger partial charge on any atom is -0.383 e. The van der Waals surface area contributed by atoms with E-state index in [9.17, 15) is 9.18 Å². The molecule has 0 saturated carbocycles. The number of carbonyl (C=O) groups is 1. The summed E-state index contributed by atoms with van der Waals surface area (Å²) < 4.78 is 13.3. The second-order valence-electron chi connectivity index (χ2n) is 8.50. The van der Waals surface area contributed by atoms with Crippen molar-refractivity contribution in [2.75, 3.05) is 11.1 Å². The van der Waals surface area contributed by atoms with E-state index in [-0.39, 0.29) is 17.8 Å². The van der Waals surface area contributed by atoms with E-state index in [0.29, 0.717) is 30.2 Å². The van der Waals surface area contributed by atoms with Gasteiger partial charge in [0.1, 0.15) is 23.8 Å². The van der Waals surface area contributed by atoms with E-state index < -0.39 is 0 Å². The highest BCUT2D eigenvalue weighted by Gasteiger charge is 2.18. The van der Waals surface area contributed by atoms with E-state index in [4.69, 9.17) is 5.73 Å². The van der Waals surface area contributed by atoms with Crippen LogP contribution in [0.1, 0.15) is 40.2 Å². The highest BCUT2D eigenvalue weighted by molar-refractivity contribution is 7.15. The highest BCUT2D eigenvalue weighted by atomic mass is 32.1. The number of halogens is 1. The third-order valence-electron chi connectivity index (χ3n) is 6.08. The first-order valence-electron chi connectivity index (χ1n) is 11.9. The fraction of sp³-hybridized carbons (Fsp3) is 0.143. The van der Waals surface area contributed by atoms with Gasteiger partial charge in [-0.2, -0.15) is 0 Å². The zero-order chi connectivity index (χ0) is 25.8. The summed E-state index contributed by atoms with van der Waals surface area (Å²) in [5, 5.41) is 7.17. The van der Waals surface area contributed by atoms with Crippen molar-refractivity contribution in [3.63, 3.8) is 0 Å². The molecule has 2 aromatic carbocycles. The number of rotatable bonds is 8. The molecule has 186 valence electrons. The molecule has 0 fully saturated rings. The third-order valence-corrected chi connectivity index (χ3v) is 7.21. The topological polar surface area (TPSA) is 106 Å². The van der Waals surface area contributed by atoms with Crippen molar-refractivity contribution in [1.82, 2.24) is 20.3 Å². The number of carbonyl (C=O) groups excluding carboxylic acids is 1. The van der Waals surface area contributed by atoms with Gasteiger partial charge in [-0.3, -0.25) is 4.79 Å². The molecular weight excluding hydrogens is 487 g/mol. The predicted octanol–water partition coefficient (Wildman–Crippen LogP) is 5.97. The van der Waals surface area contributed by atoms with Crippen LogP contribution < -0.4 is 16.4 Å². The highest BCUT2D eigenvalue weighted by Crippen LogP contribution is 2.31. The molecule has 1 atom stereocenters. The molecule has 1 amide bonds. The average molecular weight is 513 g/mol. The van der Waals surface area contributed by atoms with Gasteiger partial charge in [-0.1, -0.05) is 25.1 Å². The molecule has 0 saturated heterocycles. The van der Waals surface area contributed by atoms with Crippen molar-refractivity contribution < 1.29 is 9.18 Å². The molecule has 5 aromatic rings. The lowest BCUT2D eigenvalue weighted by Gasteiger charge is -2.18. The number of nitrogens with one attached hydrogen (secondary N) is 2. The number of hydrogen-bond donors (Lipinski definition) is 3. The lowest BCUT2D eigenvalue weighted by atomic mass is 10.0. The number of pyridine rings is 1. The molecule has 0 bridgehead atoms. The minimum atomic E-state index is -0.306. The Labute approximate surface area is 217 Å². The first kappa shape index (κ1) is 24.3. The molecular formula is C28H25FN6OS. The predicted molar refractivity (Wildman–Crippen MR) is 146 cm³/mol. The molecule has 5 rings (SSSR count). The zero-order valence-corrected chi connectivity index (χ0v) is 20.9. The molecule has 3 heterocycles. The van der Waals surface area contributed by atoms with Crippen LogP contribution in [-0.4, -0.2) is 20.9 Å². The Bertz CT molecular complexity index is 1550. The van der Waals surface area contributed by atoms with Crippen molar-refractivity contribution in [2.45, 2.75) is 25.9 Å². The van der Waals surface area contributed by atoms with Gasteiger partial charge < -0.3 is 16.4 Å². The molecule has 0 aliphatic carbocycles. The number of nitrogens with two attached hydrogens (primary N) is 1. The van der Waals surface area contributed by atoms with Crippen LogP contribution in [0.15, 0.2) is 79.3 Å². The number of benzene rings is 2. The molecule has 0 aliphatic heterocycles. The molecule has 3 aromatic heterocycles. The summed E-state index contributed by atoms with van der Waals surface area (Å²) in [5.41, 5.74) is 9.17. The number of hydrogen-bond acceptors (Lipinski definition) is 7. The number of thiophene rings is 1. The Hall–Kier alpha value is -4.37. The van der Waals surface area contributed by atoms with E-state index in [0.717, 1.165) is 31.8 Å². The standard InChI is InChI=1S/C28H25FN6OS/c1-2-23(17-5-8-19(29)9-6-17)35-28(36)21-4-3-13-31-27(21)32-15-20-10-12-25(37-20)18-7-11-24-22(14-18)26(30)34-16-33-24/h3-14,16,23H,2,15H2,1H3,(H,31,32)(H,35,36)(H2,30,33,34). The summed E-state index contributed by atoms with van der Waals surface area (Å²) in [5.74, 6) is 0.407. The first-order valence-corrected chi connectivity index (χ1v) is 12.7. The van der Waals surface area contributed by atoms with Gasteiger partial charge in [0.2, 0.25) is 0 Å². The Kier molecular flexibility index (Phi) is 7.04. The molecule has 0 radical (unpaired) electrons. The van der Waals surface area contributed by atoms with Gasteiger partial charge in [0.05, 0.1) is 23.7 Å². The van der Waals surface area contributed by atoms with Gasteiger partial charge in [0, 0.05) is 21.3 Å². The van der Waals surface area contributed by atoms with Gasteiger partial charge in [-0.05, 0) is 66.1 Å². The molecule has 1 unspecified atom stereocenters. The second kappa shape index (κ2) is 10.7. The number of aromatic nitrogens is 3. The summed E-state index contributed by atoms with van der Waals surface area (Å²) >= 11 is 1.64. The van der Waals surface area contributed by atoms with Crippen LogP contribution in [0.2, 0.25) is 0 Å². The first-order chi connectivity index (χ1) is 18.0. The van der Waals surface area contributed by atoms with Crippen LogP contribution in [0.3, 0.4) is 0 Å². The number of nitrogens with zero attached hydrogens (tertiary/aromatic N) is 3. The Morgan fingerprint density at radius 2 is 1.89 bits per heavy atom. The van der Waals surface area contributed by atoms with Gasteiger partial charge in [-0.25, -0.2) is 19.3 Å². The minimum absolute atomic E-state index is 0.234. The van der Waals surface area contributed by atoms with E-state index in [1.54, 1.807) is 41.8 Å². The maximum Gasteiger partial charge on any atom is 0.255 e. The van der Waals surface area contributed by atoms with Crippen molar-refractivity contribution in [1.29, 1.82) is 0 Å². The largest absolute Gasteiger partial charge is 0.383 e. The SMILES string of the molecule is CCC(NC(=O)c1cccnc1NCc1ccc(-c2ccc3ncnc(N)c3c2)s1)c1ccc(F)cc1. The Morgan fingerprint density at radius 1 is 1.05 bits per heavy atom. The van der Waals surface area contributed by atoms with E-state index in [1.165, 1.54) is 18.5 Å². The Balaban J connectivity index is 1.29.